The number of hydrogen-bond donors (Lipinski definition) is 2. The van der Waals surface area contributed by atoms with E-state index in [9.17, 15) is 18.4 Å². The summed E-state index contributed by atoms with van der Waals surface area (Å²) in [5, 5.41) is 11.5. The molecule has 1 fully saturated rings. The molecular formula is C15H18F2N2O3. The van der Waals surface area contributed by atoms with Crippen LogP contribution in [0.3, 0.4) is 0 Å². The van der Waals surface area contributed by atoms with Crippen LogP contribution < -0.4 is 5.32 Å². The molecule has 1 aliphatic rings. The van der Waals surface area contributed by atoms with Gasteiger partial charge < -0.3 is 15.3 Å². The Morgan fingerprint density at radius 3 is 2.55 bits per heavy atom. The molecule has 0 saturated carbocycles. The summed E-state index contributed by atoms with van der Waals surface area (Å²) < 4.78 is 26.9. The summed E-state index contributed by atoms with van der Waals surface area (Å²) in [7, 11) is 0. The highest BCUT2D eigenvalue weighted by molar-refractivity contribution is 5.75. The number of carboxylic acids is 1. The number of halogens is 2. The first-order chi connectivity index (χ1) is 10.4. The van der Waals surface area contributed by atoms with Gasteiger partial charge in [-0.1, -0.05) is 12.1 Å². The van der Waals surface area contributed by atoms with Crippen LogP contribution in [0.4, 0.5) is 13.6 Å². The van der Waals surface area contributed by atoms with Crippen LogP contribution in [0.1, 0.15) is 31.4 Å². The number of likely N-dealkylation sites (tertiary alicyclic amines) is 1. The van der Waals surface area contributed by atoms with Gasteiger partial charge >= 0.3 is 12.0 Å². The fourth-order valence-electron chi connectivity index (χ4n) is 2.54. The van der Waals surface area contributed by atoms with Crippen LogP contribution in [-0.4, -0.2) is 35.1 Å². The molecular weight excluding hydrogens is 294 g/mol. The maximum atomic E-state index is 13.7. The zero-order chi connectivity index (χ0) is 16.3. The maximum Gasteiger partial charge on any atom is 0.317 e. The third kappa shape index (κ3) is 3.52. The average Bonchev–Trinajstić information content (AvgIpc) is 2.50. The predicted octanol–water partition coefficient (Wildman–Crippen LogP) is 2.53. The van der Waals surface area contributed by atoms with Crippen molar-refractivity contribution in [3.63, 3.8) is 0 Å². The van der Waals surface area contributed by atoms with Crippen molar-refractivity contribution in [1.29, 1.82) is 0 Å². The fourth-order valence-corrected chi connectivity index (χ4v) is 2.54. The van der Waals surface area contributed by atoms with Gasteiger partial charge in [-0.3, -0.25) is 4.79 Å². The number of nitrogens with one attached hydrogen (secondary N) is 1. The first-order valence-corrected chi connectivity index (χ1v) is 7.12. The number of hydrogen-bond acceptors (Lipinski definition) is 2. The van der Waals surface area contributed by atoms with E-state index < -0.39 is 35.6 Å². The van der Waals surface area contributed by atoms with E-state index in [0.29, 0.717) is 25.9 Å². The minimum absolute atomic E-state index is 0.0776. The van der Waals surface area contributed by atoms with Gasteiger partial charge in [0.1, 0.15) is 0 Å². The normalized spacial score (nSPS) is 17.1. The summed E-state index contributed by atoms with van der Waals surface area (Å²) in [6.07, 6.45) is 0.789. The van der Waals surface area contributed by atoms with Gasteiger partial charge in [0.25, 0.3) is 0 Å². The molecule has 1 heterocycles. The monoisotopic (exact) mass is 312 g/mol. The first kappa shape index (κ1) is 16.2. The Morgan fingerprint density at radius 2 is 1.95 bits per heavy atom. The summed E-state index contributed by atoms with van der Waals surface area (Å²) >= 11 is 0. The molecule has 0 aromatic heterocycles. The molecule has 1 aromatic rings. The van der Waals surface area contributed by atoms with Crippen LogP contribution in [-0.2, 0) is 4.79 Å². The van der Waals surface area contributed by atoms with Crippen molar-refractivity contribution in [2.45, 2.75) is 25.8 Å². The van der Waals surface area contributed by atoms with Crippen LogP contribution >= 0.6 is 0 Å². The van der Waals surface area contributed by atoms with Crippen molar-refractivity contribution in [3.05, 3.63) is 35.4 Å². The van der Waals surface area contributed by atoms with E-state index in [1.54, 1.807) is 6.92 Å². The fraction of sp³-hybridized carbons (Fsp3) is 0.467. The van der Waals surface area contributed by atoms with Gasteiger partial charge in [-0.05, 0) is 25.8 Å². The number of benzene rings is 1. The van der Waals surface area contributed by atoms with E-state index in [1.165, 1.54) is 17.0 Å². The van der Waals surface area contributed by atoms with E-state index in [4.69, 9.17) is 5.11 Å². The number of aliphatic carboxylic acids is 1. The van der Waals surface area contributed by atoms with Gasteiger partial charge in [0, 0.05) is 18.7 Å². The summed E-state index contributed by atoms with van der Waals surface area (Å²) in [6, 6.07) is 2.74. The van der Waals surface area contributed by atoms with Gasteiger partial charge in [-0.25, -0.2) is 13.6 Å². The minimum Gasteiger partial charge on any atom is -0.481 e. The van der Waals surface area contributed by atoms with Crippen molar-refractivity contribution >= 4 is 12.0 Å². The lowest BCUT2D eigenvalue weighted by Crippen LogP contribution is -2.46. The van der Waals surface area contributed by atoms with E-state index in [1.807, 2.05) is 0 Å². The molecule has 0 bridgehead atoms. The summed E-state index contributed by atoms with van der Waals surface area (Å²) in [6.45, 7) is 2.24. The molecule has 7 heteroatoms. The highest BCUT2D eigenvalue weighted by Crippen LogP contribution is 2.21. The van der Waals surface area contributed by atoms with Crippen molar-refractivity contribution in [2.24, 2.45) is 5.92 Å². The first-order valence-electron chi connectivity index (χ1n) is 7.12. The van der Waals surface area contributed by atoms with E-state index in [-0.39, 0.29) is 5.56 Å². The molecule has 1 atom stereocenters. The molecule has 2 rings (SSSR count). The number of nitrogens with zero attached hydrogens (tertiary/aromatic N) is 1. The summed E-state index contributed by atoms with van der Waals surface area (Å²) in [5.74, 6) is -3.21. The molecule has 1 aliphatic heterocycles. The van der Waals surface area contributed by atoms with Gasteiger partial charge in [-0.2, -0.15) is 0 Å². The van der Waals surface area contributed by atoms with Crippen molar-refractivity contribution in [3.8, 4) is 0 Å². The van der Waals surface area contributed by atoms with Crippen molar-refractivity contribution in [1.82, 2.24) is 10.2 Å². The second-order valence-electron chi connectivity index (χ2n) is 5.41. The largest absolute Gasteiger partial charge is 0.481 e. The predicted molar refractivity (Wildman–Crippen MR) is 75.2 cm³/mol. The van der Waals surface area contributed by atoms with E-state index in [0.717, 1.165) is 6.07 Å². The Balaban J connectivity index is 1.95. The third-order valence-corrected chi connectivity index (χ3v) is 3.92. The third-order valence-electron chi connectivity index (χ3n) is 3.92. The molecule has 0 aliphatic carbocycles. The molecule has 2 N–H and O–H groups in total. The van der Waals surface area contributed by atoms with Crippen LogP contribution in [0.15, 0.2) is 18.2 Å². The smallest absolute Gasteiger partial charge is 0.317 e. The SMILES string of the molecule is CC(NC(=O)N1CCC(C(=O)O)CC1)c1cccc(F)c1F. The average molecular weight is 312 g/mol. The Kier molecular flexibility index (Phi) is 4.95. The quantitative estimate of drug-likeness (QED) is 0.901. The van der Waals surface area contributed by atoms with Gasteiger partial charge in [0.15, 0.2) is 11.6 Å². The van der Waals surface area contributed by atoms with Gasteiger partial charge in [0.05, 0.1) is 12.0 Å². The van der Waals surface area contributed by atoms with Crippen LogP contribution in [0.25, 0.3) is 0 Å². The topological polar surface area (TPSA) is 69.6 Å². The number of carbonyl (C=O) groups excluding carboxylic acids is 1. The maximum absolute atomic E-state index is 13.7. The number of urea groups is 1. The van der Waals surface area contributed by atoms with E-state index >= 15 is 0 Å². The minimum atomic E-state index is -0.972. The molecule has 22 heavy (non-hydrogen) atoms. The summed E-state index contributed by atoms with van der Waals surface area (Å²) in [5.41, 5.74) is 0.0776. The van der Waals surface area contributed by atoms with Crippen molar-refractivity contribution in [2.75, 3.05) is 13.1 Å². The Bertz CT molecular complexity index is 572. The van der Waals surface area contributed by atoms with Gasteiger partial charge in [0.2, 0.25) is 0 Å². The van der Waals surface area contributed by atoms with Crippen LogP contribution in [0, 0.1) is 17.6 Å². The zero-order valence-corrected chi connectivity index (χ0v) is 12.2. The van der Waals surface area contributed by atoms with Crippen molar-refractivity contribution < 1.29 is 23.5 Å². The molecule has 120 valence electrons. The molecule has 0 radical (unpaired) electrons. The molecule has 1 unspecified atom stereocenters. The highest BCUT2D eigenvalue weighted by atomic mass is 19.2. The van der Waals surface area contributed by atoms with Gasteiger partial charge in [-0.15, -0.1) is 0 Å². The molecule has 0 spiro atoms. The second-order valence-corrected chi connectivity index (χ2v) is 5.41. The number of carboxylic acid groups (broad SMARTS) is 1. The summed E-state index contributed by atoms with van der Waals surface area (Å²) in [4.78, 5) is 24.5. The molecule has 2 amide bonds. The number of carbonyl (C=O) groups is 2. The Hall–Kier alpha value is -2.18. The number of rotatable bonds is 3. The highest BCUT2D eigenvalue weighted by Gasteiger charge is 2.28. The standard InChI is InChI=1S/C15H18F2N2O3/c1-9(11-3-2-4-12(16)13(11)17)18-15(22)19-7-5-10(6-8-19)14(20)21/h2-4,9-10H,5-8H2,1H3,(H,18,22)(H,20,21). The Morgan fingerprint density at radius 1 is 1.32 bits per heavy atom. The Labute approximate surface area is 126 Å². The zero-order valence-electron chi connectivity index (χ0n) is 12.2. The number of piperidine rings is 1. The molecule has 1 saturated heterocycles. The van der Waals surface area contributed by atoms with Crippen LogP contribution in [0.5, 0.6) is 0 Å². The molecule has 5 nitrogen and oxygen atoms in total. The van der Waals surface area contributed by atoms with Crippen LogP contribution in [0.2, 0.25) is 0 Å². The van der Waals surface area contributed by atoms with E-state index in [2.05, 4.69) is 5.32 Å². The second kappa shape index (κ2) is 6.72. The lowest BCUT2D eigenvalue weighted by atomic mass is 9.97. The lowest BCUT2D eigenvalue weighted by molar-refractivity contribution is -0.143. The number of amides is 2. The lowest BCUT2D eigenvalue weighted by Gasteiger charge is -2.31. The molecule has 1 aromatic carbocycles.